The van der Waals surface area contributed by atoms with E-state index < -0.39 is 18.6 Å². The maximum absolute atomic E-state index is 12.4. The number of alkyl halides is 3. The first kappa shape index (κ1) is 12.9. The Morgan fingerprint density at radius 2 is 1.67 bits per heavy atom. The van der Waals surface area contributed by atoms with Crippen LogP contribution in [0, 0.1) is 6.92 Å². The second kappa shape index (κ2) is 4.61. The molecule has 0 bridgehead atoms. The zero-order valence-electron chi connectivity index (χ0n) is 9.96. The van der Waals surface area contributed by atoms with Gasteiger partial charge in [0, 0.05) is 6.04 Å². The molecule has 0 aliphatic carbocycles. The van der Waals surface area contributed by atoms with Crippen molar-refractivity contribution in [2.24, 2.45) is 5.73 Å². The molecule has 0 aromatic heterocycles. The molecule has 96 valence electrons. The highest BCUT2D eigenvalue weighted by Crippen LogP contribution is 2.32. The van der Waals surface area contributed by atoms with Crippen LogP contribution < -0.4 is 5.73 Å². The average molecular weight is 253 g/mol. The zero-order valence-corrected chi connectivity index (χ0v) is 9.96. The van der Waals surface area contributed by atoms with Crippen LogP contribution in [0.1, 0.15) is 23.6 Å². The van der Waals surface area contributed by atoms with Gasteiger partial charge in [0.05, 0.1) is 6.42 Å². The van der Waals surface area contributed by atoms with Crippen molar-refractivity contribution in [1.82, 2.24) is 0 Å². The minimum atomic E-state index is -4.24. The summed E-state index contributed by atoms with van der Waals surface area (Å²) in [4.78, 5) is 0. The highest BCUT2D eigenvalue weighted by atomic mass is 19.4. The Morgan fingerprint density at radius 1 is 1.06 bits per heavy atom. The Hall–Kier alpha value is -1.55. The molecule has 0 saturated heterocycles. The molecule has 2 aromatic carbocycles. The van der Waals surface area contributed by atoms with Crippen LogP contribution in [0.25, 0.3) is 10.8 Å². The number of hydrogen-bond donors (Lipinski definition) is 1. The minimum absolute atomic E-state index is 0.550. The topological polar surface area (TPSA) is 26.0 Å². The van der Waals surface area contributed by atoms with E-state index in [1.165, 1.54) is 0 Å². The van der Waals surface area contributed by atoms with Crippen molar-refractivity contribution in [2.75, 3.05) is 0 Å². The molecule has 18 heavy (non-hydrogen) atoms. The Balaban J connectivity index is 2.49. The Morgan fingerprint density at radius 3 is 2.28 bits per heavy atom. The largest absolute Gasteiger partial charge is 0.390 e. The fourth-order valence-electron chi connectivity index (χ4n) is 2.16. The zero-order chi connectivity index (χ0) is 13.3. The molecule has 0 aliphatic rings. The fourth-order valence-corrected chi connectivity index (χ4v) is 2.16. The van der Waals surface area contributed by atoms with Crippen molar-refractivity contribution in [3.8, 4) is 0 Å². The first-order valence-electron chi connectivity index (χ1n) is 5.69. The van der Waals surface area contributed by atoms with E-state index in [0.29, 0.717) is 5.56 Å². The Kier molecular flexibility index (Phi) is 3.30. The predicted molar refractivity (Wildman–Crippen MR) is 66.3 cm³/mol. The van der Waals surface area contributed by atoms with Gasteiger partial charge < -0.3 is 5.73 Å². The summed E-state index contributed by atoms with van der Waals surface area (Å²) in [6, 6.07) is 9.88. The van der Waals surface area contributed by atoms with Crippen LogP contribution in [0.3, 0.4) is 0 Å². The quantitative estimate of drug-likeness (QED) is 0.856. The molecule has 0 heterocycles. The number of aryl methyl sites for hydroxylation is 1. The van der Waals surface area contributed by atoms with Crippen LogP contribution in [-0.4, -0.2) is 6.18 Å². The standard InChI is InChI=1S/C14H14F3N/c1-9-6-7-12(13(18)8-14(15,16)17)11-5-3-2-4-10(9)11/h2-7,13H,8,18H2,1H3/t13-/m1/s1. The van der Waals surface area contributed by atoms with Crippen molar-refractivity contribution in [1.29, 1.82) is 0 Å². The van der Waals surface area contributed by atoms with Gasteiger partial charge in [-0.3, -0.25) is 0 Å². The van der Waals surface area contributed by atoms with Crippen molar-refractivity contribution in [3.05, 3.63) is 47.5 Å². The van der Waals surface area contributed by atoms with Crippen LogP contribution in [0.2, 0.25) is 0 Å². The number of hydrogen-bond acceptors (Lipinski definition) is 1. The van der Waals surface area contributed by atoms with Crippen molar-refractivity contribution >= 4 is 10.8 Å². The first-order valence-corrected chi connectivity index (χ1v) is 5.69. The molecule has 2 rings (SSSR count). The smallest absolute Gasteiger partial charge is 0.324 e. The molecule has 1 nitrogen and oxygen atoms in total. The molecule has 0 amide bonds. The van der Waals surface area contributed by atoms with E-state index in [0.717, 1.165) is 16.3 Å². The van der Waals surface area contributed by atoms with Crippen molar-refractivity contribution < 1.29 is 13.2 Å². The Bertz CT molecular complexity index is 560. The van der Waals surface area contributed by atoms with E-state index in [2.05, 4.69) is 0 Å². The van der Waals surface area contributed by atoms with Gasteiger partial charge in [-0.15, -0.1) is 0 Å². The summed E-state index contributed by atoms with van der Waals surface area (Å²) in [6.45, 7) is 1.93. The summed E-state index contributed by atoms with van der Waals surface area (Å²) in [7, 11) is 0. The van der Waals surface area contributed by atoms with Gasteiger partial charge in [0.1, 0.15) is 0 Å². The normalized spacial score (nSPS) is 13.8. The summed E-state index contributed by atoms with van der Waals surface area (Å²) in [5.74, 6) is 0. The van der Waals surface area contributed by atoms with Crippen LogP contribution in [0.4, 0.5) is 13.2 Å². The SMILES string of the molecule is Cc1ccc([C@H](N)CC(F)(F)F)c2ccccc12. The molecular weight excluding hydrogens is 239 g/mol. The monoisotopic (exact) mass is 253 g/mol. The van der Waals surface area contributed by atoms with Gasteiger partial charge >= 0.3 is 6.18 Å². The maximum Gasteiger partial charge on any atom is 0.390 e. The lowest BCUT2D eigenvalue weighted by atomic mass is 9.95. The second-order valence-electron chi connectivity index (χ2n) is 4.44. The van der Waals surface area contributed by atoms with Gasteiger partial charge in [-0.05, 0) is 28.8 Å². The van der Waals surface area contributed by atoms with Gasteiger partial charge in [0.2, 0.25) is 0 Å². The van der Waals surface area contributed by atoms with Crippen LogP contribution >= 0.6 is 0 Å². The van der Waals surface area contributed by atoms with Gasteiger partial charge in [0.25, 0.3) is 0 Å². The highest BCUT2D eigenvalue weighted by Gasteiger charge is 2.31. The summed E-state index contributed by atoms with van der Waals surface area (Å²) in [5.41, 5.74) is 7.26. The van der Waals surface area contributed by atoms with Gasteiger partial charge in [-0.2, -0.15) is 13.2 Å². The number of benzene rings is 2. The maximum atomic E-state index is 12.4. The number of fused-ring (bicyclic) bond motifs is 1. The lowest BCUT2D eigenvalue weighted by Crippen LogP contribution is -2.20. The van der Waals surface area contributed by atoms with Crippen LogP contribution in [0.15, 0.2) is 36.4 Å². The number of rotatable bonds is 2. The van der Waals surface area contributed by atoms with Gasteiger partial charge in [-0.1, -0.05) is 36.4 Å². The second-order valence-corrected chi connectivity index (χ2v) is 4.44. The Labute approximate surface area is 103 Å². The number of nitrogens with two attached hydrogens (primary N) is 1. The van der Waals surface area contributed by atoms with E-state index in [9.17, 15) is 13.2 Å². The molecule has 2 N–H and O–H groups in total. The molecule has 0 unspecified atom stereocenters. The molecule has 2 aromatic rings. The highest BCUT2D eigenvalue weighted by molar-refractivity contribution is 5.88. The van der Waals surface area contributed by atoms with E-state index in [-0.39, 0.29) is 0 Å². The van der Waals surface area contributed by atoms with E-state index in [1.807, 2.05) is 37.3 Å². The summed E-state index contributed by atoms with van der Waals surface area (Å²) in [6.07, 6.45) is -5.24. The first-order chi connectivity index (χ1) is 8.38. The molecule has 0 radical (unpaired) electrons. The van der Waals surface area contributed by atoms with Crippen molar-refractivity contribution in [2.45, 2.75) is 25.6 Å². The van der Waals surface area contributed by atoms with Crippen molar-refractivity contribution in [3.63, 3.8) is 0 Å². The van der Waals surface area contributed by atoms with E-state index >= 15 is 0 Å². The summed E-state index contributed by atoms with van der Waals surface area (Å²) in [5, 5.41) is 1.75. The molecule has 0 spiro atoms. The van der Waals surface area contributed by atoms with E-state index in [1.54, 1.807) is 6.07 Å². The lowest BCUT2D eigenvalue weighted by molar-refractivity contribution is -0.138. The van der Waals surface area contributed by atoms with Gasteiger partial charge in [0.15, 0.2) is 0 Å². The van der Waals surface area contributed by atoms with Crippen LogP contribution in [0.5, 0.6) is 0 Å². The average Bonchev–Trinajstić information content (AvgIpc) is 2.27. The minimum Gasteiger partial charge on any atom is -0.324 e. The molecular formula is C14H14F3N. The third kappa shape index (κ3) is 2.64. The molecule has 1 atom stereocenters. The summed E-state index contributed by atoms with van der Waals surface area (Å²) < 4.78 is 37.2. The predicted octanol–water partition coefficient (Wildman–Crippen LogP) is 4.10. The third-order valence-electron chi connectivity index (χ3n) is 3.03. The molecule has 4 heteroatoms. The van der Waals surface area contributed by atoms with Gasteiger partial charge in [-0.25, -0.2) is 0 Å². The summed E-state index contributed by atoms with van der Waals surface area (Å²) >= 11 is 0. The molecule has 0 saturated carbocycles. The number of halogens is 3. The molecule has 0 aliphatic heterocycles. The third-order valence-corrected chi connectivity index (χ3v) is 3.03. The fraction of sp³-hybridized carbons (Fsp3) is 0.286. The van der Waals surface area contributed by atoms with E-state index in [4.69, 9.17) is 5.73 Å². The molecule has 0 fully saturated rings. The lowest BCUT2D eigenvalue weighted by Gasteiger charge is -2.17. The van der Waals surface area contributed by atoms with Crippen LogP contribution in [-0.2, 0) is 0 Å².